The molecule has 2 aliphatic heterocycles. The second-order valence-electron chi connectivity index (χ2n) is 16.4. The standard InChI is InChI=1S/C45H57ClFN6O8P/c1-4-5-6-7-8-9-10-11-12-13-14-15-18-35(55-27-33-23-32(26-48)24-34(47)25-33)28-56-62(54,61-39-20-17-16-19-36(39)46)57-30-45(29-49)42-41(58-44(2,3)60-42)40(59-45)37-21-22-38-43(50)51-31-52-53(37)38/h16-17,19-25,31,35,40-42H,4-15,18,27-28,30H2,1-3H3,(H2,50,51,52)/t35-,40-,41-,42-,45+,62?/m0/s1. The molecule has 62 heavy (non-hydrogen) atoms. The molecule has 0 aliphatic carbocycles. The molecule has 2 fully saturated rings. The van der Waals surface area contributed by atoms with Crippen molar-refractivity contribution in [3.05, 3.63) is 88.6 Å². The zero-order valence-corrected chi connectivity index (χ0v) is 37.3. The minimum absolute atomic E-state index is 0.0207. The summed E-state index contributed by atoms with van der Waals surface area (Å²) in [6.07, 6.45) is 12.5. The zero-order chi connectivity index (χ0) is 44.2. The molecule has 2 aliphatic rings. The summed E-state index contributed by atoms with van der Waals surface area (Å²) in [7, 11) is -4.65. The minimum Gasteiger partial charge on any atom is -0.402 e. The van der Waals surface area contributed by atoms with Crippen molar-refractivity contribution in [3.8, 4) is 17.9 Å². The van der Waals surface area contributed by atoms with E-state index in [9.17, 15) is 19.5 Å². The first-order chi connectivity index (χ1) is 29.9. The summed E-state index contributed by atoms with van der Waals surface area (Å²) < 4.78 is 74.2. The highest BCUT2D eigenvalue weighted by Gasteiger charge is 2.65. The Morgan fingerprint density at radius 3 is 2.35 bits per heavy atom. The average Bonchev–Trinajstić information content (AvgIpc) is 3.92. The molecule has 6 rings (SSSR count). The van der Waals surface area contributed by atoms with Crippen molar-refractivity contribution in [2.24, 2.45) is 0 Å². The number of halogens is 2. The lowest BCUT2D eigenvalue weighted by molar-refractivity contribution is -0.204. The number of nitrogens with zero attached hydrogens (tertiary/aromatic N) is 5. The molecule has 2 aromatic heterocycles. The second kappa shape index (κ2) is 22.0. The summed E-state index contributed by atoms with van der Waals surface area (Å²) in [5.74, 6) is -1.41. The number of nitrogen functional groups attached to an aromatic ring is 1. The molecule has 0 saturated carbocycles. The van der Waals surface area contributed by atoms with Gasteiger partial charge in [-0.3, -0.25) is 9.05 Å². The SMILES string of the molecule is CCCCCCCCCCCCCC[C@@H](COP(=O)(OC[C@@]1(C#N)O[C@@H](c2ccc3c(N)ncnn23)[C@@H]2OC(C)(C)O[C@@H]21)Oc1ccccc1Cl)OCc1cc(F)cc(C#N)c1. The first-order valence-corrected chi connectivity index (χ1v) is 23.4. The van der Waals surface area contributed by atoms with Gasteiger partial charge in [-0.05, 0) is 68.3 Å². The number of fused-ring (bicyclic) bond motifs is 2. The summed E-state index contributed by atoms with van der Waals surface area (Å²) in [6, 6.07) is 18.1. The van der Waals surface area contributed by atoms with E-state index in [2.05, 4.69) is 23.1 Å². The van der Waals surface area contributed by atoms with Crippen LogP contribution < -0.4 is 10.3 Å². The van der Waals surface area contributed by atoms with Gasteiger partial charge in [-0.25, -0.2) is 18.5 Å². The van der Waals surface area contributed by atoms with Crippen LogP contribution in [0, 0.1) is 28.5 Å². The Kier molecular flexibility index (Phi) is 16.8. The van der Waals surface area contributed by atoms with Crippen LogP contribution in [0.25, 0.3) is 5.52 Å². The Hall–Kier alpha value is -4.15. The third-order valence-corrected chi connectivity index (χ3v) is 12.7. The molecule has 2 aromatic carbocycles. The fraction of sp³-hybridized carbons (Fsp3) is 0.556. The maximum atomic E-state index is 14.8. The van der Waals surface area contributed by atoms with E-state index < -0.39 is 56.1 Å². The maximum Gasteiger partial charge on any atom is 0.530 e. The molecule has 4 aromatic rings. The summed E-state index contributed by atoms with van der Waals surface area (Å²) in [4.78, 5) is 4.06. The number of unbranched alkanes of at least 4 members (excludes halogenated alkanes) is 11. The number of rotatable bonds is 25. The highest BCUT2D eigenvalue weighted by atomic mass is 35.5. The number of benzene rings is 2. The van der Waals surface area contributed by atoms with Crippen molar-refractivity contribution in [1.29, 1.82) is 10.5 Å². The van der Waals surface area contributed by atoms with E-state index in [0.29, 0.717) is 23.2 Å². The number of nitriles is 2. The fourth-order valence-corrected chi connectivity index (χ4v) is 9.41. The van der Waals surface area contributed by atoms with Crippen molar-refractivity contribution in [2.75, 3.05) is 18.9 Å². The highest BCUT2D eigenvalue weighted by Crippen LogP contribution is 2.55. The molecular formula is C45H57ClFN6O8P. The van der Waals surface area contributed by atoms with E-state index in [-0.39, 0.29) is 35.4 Å². The first-order valence-electron chi connectivity index (χ1n) is 21.6. The third-order valence-electron chi connectivity index (χ3n) is 11.1. The monoisotopic (exact) mass is 894 g/mol. The summed E-state index contributed by atoms with van der Waals surface area (Å²) in [6.45, 7) is 4.73. The number of phosphoric acid groups is 1. The fourth-order valence-electron chi connectivity index (χ4n) is 7.91. The molecule has 4 heterocycles. The molecule has 14 nitrogen and oxygen atoms in total. The van der Waals surface area contributed by atoms with Gasteiger partial charge in [-0.15, -0.1) is 0 Å². The molecule has 0 spiro atoms. The predicted octanol–water partition coefficient (Wildman–Crippen LogP) is 10.7. The molecule has 334 valence electrons. The summed E-state index contributed by atoms with van der Waals surface area (Å²) in [5, 5.41) is 24.7. The molecule has 0 bridgehead atoms. The van der Waals surface area contributed by atoms with Crippen LogP contribution in [-0.4, -0.2) is 57.5 Å². The van der Waals surface area contributed by atoms with Crippen LogP contribution in [0.4, 0.5) is 10.2 Å². The number of nitrogens with two attached hydrogens (primary N) is 1. The van der Waals surface area contributed by atoms with E-state index in [1.165, 1.54) is 69.8 Å². The quantitative estimate of drug-likeness (QED) is 0.0490. The van der Waals surface area contributed by atoms with Crippen molar-refractivity contribution < 1.29 is 41.5 Å². The molecule has 0 radical (unpaired) electrons. The van der Waals surface area contributed by atoms with Gasteiger partial charge in [0.05, 0.1) is 41.7 Å². The Morgan fingerprint density at radius 2 is 1.66 bits per heavy atom. The normalized spacial score (nSPS) is 21.9. The van der Waals surface area contributed by atoms with Gasteiger partial charge in [-0.2, -0.15) is 15.6 Å². The number of phosphoric ester groups is 1. The Morgan fingerprint density at radius 1 is 0.952 bits per heavy atom. The van der Waals surface area contributed by atoms with Crippen molar-refractivity contribution >= 4 is 30.8 Å². The number of ether oxygens (including phenoxy) is 4. The van der Waals surface area contributed by atoms with Crippen molar-refractivity contribution in [1.82, 2.24) is 14.6 Å². The second-order valence-corrected chi connectivity index (χ2v) is 18.4. The van der Waals surface area contributed by atoms with Crippen molar-refractivity contribution in [3.63, 3.8) is 0 Å². The van der Waals surface area contributed by atoms with Gasteiger partial charge < -0.3 is 29.2 Å². The largest absolute Gasteiger partial charge is 0.530 e. The van der Waals surface area contributed by atoms with Crippen LogP contribution in [0.5, 0.6) is 5.75 Å². The molecular weight excluding hydrogens is 838 g/mol. The molecule has 17 heteroatoms. The van der Waals surface area contributed by atoms with Crippen LogP contribution in [0.2, 0.25) is 5.02 Å². The van der Waals surface area contributed by atoms with Gasteiger partial charge in [0, 0.05) is 0 Å². The molecule has 1 unspecified atom stereocenters. The molecule has 0 amide bonds. The molecule has 2 saturated heterocycles. The van der Waals surface area contributed by atoms with Gasteiger partial charge in [0.25, 0.3) is 0 Å². The lowest BCUT2D eigenvalue weighted by Crippen LogP contribution is -2.46. The summed E-state index contributed by atoms with van der Waals surface area (Å²) in [5.41, 5.74) is 5.90. The van der Waals surface area contributed by atoms with Gasteiger partial charge in [0.2, 0.25) is 5.60 Å². The lowest BCUT2D eigenvalue weighted by atomic mass is 9.96. The zero-order valence-electron chi connectivity index (χ0n) is 35.7. The van der Waals surface area contributed by atoms with E-state index in [1.807, 2.05) is 6.07 Å². The smallest absolute Gasteiger partial charge is 0.402 e. The number of aromatic nitrogens is 3. The average molecular weight is 895 g/mol. The minimum atomic E-state index is -4.65. The Balaban J connectivity index is 1.17. The van der Waals surface area contributed by atoms with Gasteiger partial charge in [0.1, 0.15) is 54.4 Å². The van der Waals surface area contributed by atoms with E-state index in [1.54, 1.807) is 54.8 Å². The van der Waals surface area contributed by atoms with Crippen LogP contribution in [-0.2, 0) is 39.2 Å². The lowest BCUT2D eigenvalue weighted by Gasteiger charge is -2.30. The third kappa shape index (κ3) is 12.3. The van der Waals surface area contributed by atoms with Gasteiger partial charge in [-0.1, -0.05) is 108 Å². The maximum absolute atomic E-state index is 14.8. The number of anilines is 1. The van der Waals surface area contributed by atoms with Crippen LogP contribution >= 0.6 is 19.4 Å². The Labute approximate surface area is 368 Å². The van der Waals surface area contributed by atoms with E-state index in [4.69, 9.17) is 49.9 Å². The van der Waals surface area contributed by atoms with Crippen molar-refractivity contribution in [2.45, 2.75) is 147 Å². The Bertz CT molecular complexity index is 2230. The van der Waals surface area contributed by atoms with Crippen LogP contribution in [0.1, 0.15) is 127 Å². The van der Waals surface area contributed by atoms with Crippen LogP contribution in [0.15, 0.2) is 60.9 Å². The topological polar surface area (TPSA) is 185 Å². The molecule has 6 atom stereocenters. The van der Waals surface area contributed by atoms with Gasteiger partial charge >= 0.3 is 7.82 Å². The molecule has 2 N–H and O–H groups in total. The first kappa shape index (κ1) is 47.3. The summed E-state index contributed by atoms with van der Waals surface area (Å²) >= 11 is 6.46. The van der Waals surface area contributed by atoms with E-state index >= 15 is 0 Å². The van der Waals surface area contributed by atoms with Crippen LogP contribution in [0.3, 0.4) is 0 Å². The number of hydrogen-bond donors (Lipinski definition) is 1. The van der Waals surface area contributed by atoms with Gasteiger partial charge in [0.15, 0.2) is 11.6 Å². The number of hydrogen-bond acceptors (Lipinski definition) is 13. The number of para-hydroxylation sites is 1. The predicted molar refractivity (Wildman–Crippen MR) is 230 cm³/mol. The van der Waals surface area contributed by atoms with E-state index in [0.717, 1.165) is 31.7 Å². The highest BCUT2D eigenvalue weighted by molar-refractivity contribution is 7.49.